The fourth-order valence-corrected chi connectivity index (χ4v) is 3.74. The molecule has 0 unspecified atom stereocenters. The zero-order valence-corrected chi connectivity index (χ0v) is 16.2. The van der Waals surface area contributed by atoms with Gasteiger partial charge >= 0.3 is 11.9 Å². The van der Waals surface area contributed by atoms with Gasteiger partial charge < -0.3 is 13.7 Å². The first-order chi connectivity index (χ1) is 11.9. The summed E-state index contributed by atoms with van der Waals surface area (Å²) < 4.78 is 13.1. The molecular weight excluding hydrogens is 408 g/mol. The molecule has 0 radical (unpaired) electrons. The lowest BCUT2D eigenvalue weighted by Gasteiger charge is -2.05. The second-order valence-corrected chi connectivity index (χ2v) is 7.26. The number of ether oxygens (including phenoxy) is 1. The Morgan fingerprint density at radius 1 is 1.28 bits per heavy atom. The van der Waals surface area contributed by atoms with Crippen molar-refractivity contribution in [3.63, 3.8) is 0 Å². The molecule has 0 N–H and O–H groups in total. The monoisotopic (exact) mass is 422 g/mol. The maximum Gasteiger partial charge on any atom is 0.325 e. The van der Waals surface area contributed by atoms with Crippen LogP contribution in [0.1, 0.15) is 21.7 Å². The van der Waals surface area contributed by atoms with Crippen LogP contribution in [0.3, 0.4) is 0 Å². The number of nitrogens with zero attached hydrogens (tertiary/aromatic N) is 2. The number of hydrogen-bond donors (Lipinski definition) is 0. The summed E-state index contributed by atoms with van der Waals surface area (Å²) in [7, 11) is 1.33. The van der Waals surface area contributed by atoms with Gasteiger partial charge in [0.1, 0.15) is 6.54 Å². The highest BCUT2D eigenvalue weighted by molar-refractivity contribution is 9.10. The van der Waals surface area contributed by atoms with Gasteiger partial charge in [0.15, 0.2) is 15.2 Å². The molecule has 25 heavy (non-hydrogen) atoms. The van der Waals surface area contributed by atoms with E-state index in [1.54, 1.807) is 16.7 Å². The van der Waals surface area contributed by atoms with Crippen molar-refractivity contribution < 1.29 is 18.7 Å². The molecule has 0 saturated heterocycles. The third-order valence-corrected chi connectivity index (χ3v) is 5.26. The Kier molecular flexibility index (Phi) is 4.91. The van der Waals surface area contributed by atoms with Crippen molar-refractivity contribution in [2.75, 3.05) is 7.11 Å². The van der Waals surface area contributed by atoms with Crippen LogP contribution in [0.15, 0.2) is 38.3 Å². The van der Waals surface area contributed by atoms with Gasteiger partial charge in [-0.2, -0.15) is 4.99 Å². The van der Waals surface area contributed by atoms with Crippen molar-refractivity contribution in [2.45, 2.75) is 20.4 Å². The molecule has 2 heterocycles. The van der Waals surface area contributed by atoms with Crippen LogP contribution in [-0.2, 0) is 16.1 Å². The normalized spacial score (nSPS) is 11.9. The van der Waals surface area contributed by atoms with Crippen LogP contribution < -0.4 is 4.80 Å². The Morgan fingerprint density at radius 2 is 2.00 bits per heavy atom. The summed E-state index contributed by atoms with van der Waals surface area (Å²) in [5.74, 6) is -0.793. The first-order valence-corrected chi connectivity index (χ1v) is 9.02. The third-order valence-electron chi connectivity index (χ3n) is 3.79. The summed E-state index contributed by atoms with van der Waals surface area (Å²) >= 11 is 4.51. The van der Waals surface area contributed by atoms with E-state index in [9.17, 15) is 9.59 Å². The minimum absolute atomic E-state index is 0.0209. The largest absolute Gasteiger partial charge is 0.468 e. The molecule has 0 aliphatic rings. The van der Waals surface area contributed by atoms with Crippen LogP contribution in [0.4, 0.5) is 0 Å². The lowest BCUT2D eigenvalue weighted by atomic mass is 10.1. The van der Waals surface area contributed by atoms with Gasteiger partial charge in [-0.25, -0.2) is 0 Å². The van der Waals surface area contributed by atoms with Crippen molar-refractivity contribution in [2.24, 2.45) is 4.99 Å². The van der Waals surface area contributed by atoms with Gasteiger partial charge in [0, 0.05) is 0 Å². The van der Waals surface area contributed by atoms with Crippen molar-refractivity contribution in [1.82, 2.24) is 4.57 Å². The number of esters is 1. The second kappa shape index (κ2) is 6.97. The SMILES string of the molecule is COC(=O)Cn1c(=NC(=O)c2ccc(Br)o2)sc2cc(C)c(C)cc21. The Balaban J connectivity index is 2.18. The van der Waals surface area contributed by atoms with E-state index in [0.717, 1.165) is 21.3 Å². The van der Waals surface area contributed by atoms with Crippen molar-refractivity contribution in [3.8, 4) is 0 Å². The number of fused-ring (bicyclic) bond motifs is 1. The number of thiazole rings is 1. The first-order valence-electron chi connectivity index (χ1n) is 7.41. The van der Waals surface area contributed by atoms with E-state index >= 15 is 0 Å². The number of halogens is 1. The van der Waals surface area contributed by atoms with Crippen LogP contribution in [0.25, 0.3) is 10.2 Å². The van der Waals surface area contributed by atoms with Gasteiger partial charge in [-0.05, 0) is 65.2 Å². The molecule has 0 aliphatic heterocycles. The second-order valence-electron chi connectivity index (χ2n) is 5.47. The van der Waals surface area contributed by atoms with Crippen molar-refractivity contribution in [3.05, 3.63) is 50.6 Å². The molecule has 3 rings (SSSR count). The average molecular weight is 423 g/mol. The summed E-state index contributed by atoms with van der Waals surface area (Å²) in [5, 5.41) is 0. The summed E-state index contributed by atoms with van der Waals surface area (Å²) in [6, 6.07) is 7.18. The highest BCUT2D eigenvalue weighted by Crippen LogP contribution is 2.22. The summed E-state index contributed by atoms with van der Waals surface area (Å²) in [6.45, 7) is 3.99. The number of carbonyl (C=O) groups is 2. The van der Waals surface area contributed by atoms with Gasteiger partial charge in [0.2, 0.25) is 0 Å². The number of methoxy groups -OCH3 is 1. The van der Waals surface area contributed by atoms with Crippen molar-refractivity contribution >= 4 is 49.4 Å². The van der Waals surface area contributed by atoms with E-state index in [-0.39, 0.29) is 12.3 Å². The highest BCUT2D eigenvalue weighted by Gasteiger charge is 2.15. The zero-order chi connectivity index (χ0) is 18.1. The van der Waals surface area contributed by atoms with E-state index in [4.69, 9.17) is 9.15 Å². The molecule has 0 atom stereocenters. The minimum Gasteiger partial charge on any atom is -0.468 e. The molecule has 130 valence electrons. The molecule has 0 bridgehead atoms. The average Bonchev–Trinajstić information content (AvgIpc) is 3.13. The predicted molar refractivity (Wildman–Crippen MR) is 97.6 cm³/mol. The molecule has 2 aromatic heterocycles. The van der Waals surface area contributed by atoms with Crippen LogP contribution in [0.5, 0.6) is 0 Å². The summed E-state index contributed by atoms with van der Waals surface area (Å²) in [6.07, 6.45) is 0. The van der Waals surface area contributed by atoms with Gasteiger partial charge in [0.05, 0.1) is 17.3 Å². The molecule has 0 fully saturated rings. The van der Waals surface area contributed by atoms with Gasteiger partial charge in [-0.15, -0.1) is 0 Å². The predicted octanol–water partition coefficient (Wildman–Crippen LogP) is 3.59. The first kappa shape index (κ1) is 17.6. The van der Waals surface area contributed by atoms with Crippen LogP contribution in [0, 0.1) is 13.8 Å². The Morgan fingerprint density at radius 3 is 2.64 bits per heavy atom. The van der Waals surface area contributed by atoms with E-state index in [1.165, 1.54) is 18.4 Å². The Hall–Kier alpha value is -2.19. The number of furan rings is 1. The van der Waals surface area contributed by atoms with Crippen LogP contribution >= 0.6 is 27.3 Å². The quantitative estimate of drug-likeness (QED) is 0.604. The molecule has 8 heteroatoms. The molecule has 6 nitrogen and oxygen atoms in total. The van der Waals surface area contributed by atoms with E-state index in [0.29, 0.717) is 9.47 Å². The summed E-state index contributed by atoms with van der Waals surface area (Å²) in [4.78, 5) is 28.7. The van der Waals surface area contributed by atoms with E-state index < -0.39 is 11.9 Å². The highest BCUT2D eigenvalue weighted by atomic mass is 79.9. The van der Waals surface area contributed by atoms with Gasteiger partial charge in [-0.1, -0.05) is 11.3 Å². The fraction of sp³-hybridized carbons (Fsp3) is 0.235. The topological polar surface area (TPSA) is 73.8 Å². The smallest absolute Gasteiger partial charge is 0.325 e. The van der Waals surface area contributed by atoms with Gasteiger partial charge in [0.25, 0.3) is 0 Å². The number of aromatic nitrogens is 1. The number of amides is 1. The number of carbonyl (C=O) groups excluding carboxylic acids is 2. The van der Waals surface area contributed by atoms with Crippen molar-refractivity contribution in [1.29, 1.82) is 0 Å². The number of benzene rings is 1. The van der Waals surface area contributed by atoms with Gasteiger partial charge in [-0.3, -0.25) is 9.59 Å². The number of rotatable bonds is 3. The number of hydrogen-bond acceptors (Lipinski definition) is 5. The van der Waals surface area contributed by atoms with Crippen LogP contribution in [-0.4, -0.2) is 23.6 Å². The lowest BCUT2D eigenvalue weighted by Crippen LogP contribution is -2.22. The Labute approximate surface area is 155 Å². The third kappa shape index (κ3) is 3.59. The van der Waals surface area contributed by atoms with E-state index in [1.807, 2.05) is 26.0 Å². The van der Waals surface area contributed by atoms with E-state index in [2.05, 4.69) is 20.9 Å². The minimum atomic E-state index is -0.510. The molecule has 0 saturated carbocycles. The number of aryl methyl sites for hydroxylation is 2. The Bertz CT molecular complexity index is 1040. The van der Waals surface area contributed by atoms with Crippen LogP contribution in [0.2, 0.25) is 0 Å². The lowest BCUT2D eigenvalue weighted by molar-refractivity contribution is -0.141. The molecular formula is C17H15BrN2O4S. The molecule has 0 aliphatic carbocycles. The maximum absolute atomic E-state index is 12.3. The molecule has 1 aromatic carbocycles. The molecule has 3 aromatic rings. The molecule has 1 amide bonds. The maximum atomic E-state index is 12.3. The fourth-order valence-electron chi connectivity index (χ4n) is 2.32. The molecule has 0 spiro atoms. The standard InChI is InChI=1S/C17H15BrN2O4S/c1-9-6-11-13(7-10(9)2)25-17(20(11)8-15(21)23-3)19-16(22)12-4-5-14(18)24-12/h4-7H,8H2,1-3H3. The summed E-state index contributed by atoms with van der Waals surface area (Å²) in [5.41, 5.74) is 3.06. The zero-order valence-electron chi connectivity index (χ0n) is 13.8.